The molecule has 1 aromatic carbocycles. The van der Waals surface area contributed by atoms with Crippen molar-refractivity contribution in [3.05, 3.63) is 37.5 Å². The summed E-state index contributed by atoms with van der Waals surface area (Å²) in [5.41, 5.74) is 1.79. The predicted octanol–water partition coefficient (Wildman–Crippen LogP) is 4.66. The van der Waals surface area contributed by atoms with Crippen molar-refractivity contribution >= 4 is 51.6 Å². The average molecular weight is 408 g/mol. The number of hydrogen-bond donors (Lipinski definition) is 1. The Hall–Kier alpha value is -0.590. The van der Waals surface area contributed by atoms with Gasteiger partial charge in [0, 0.05) is 17.6 Å². The smallest absolute Gasteiger partial charge is 0.163 e. The molecule has 3 nitrogen and oxygen atoms in total. The van der Waals surface area contributed by atoms with E-state index in [-0.39, 0.29) is 0 Å². The van der Waals surface area contributed by atoms with Gasteiger partial charge in [0.1, 0.15) is 5.82 Å². The van der Waals surface area contributed by atoms with Gasteiger partial charge in [0.25, 0.3) is 0 Å². The molecule has 1 aromatic heterocycles. The molecule has 1 N–H and O–H groups in total. The molecule has 0 aliphatic rings. The highest BCUT2D eigenvalue weighted by atomic mass is 127. The van der Waals surface area contributed by atoms with Crippen LogP contribution in [0, 0.1) is 3.57 Å². The first-order valence-corrected chi connectivity index (χ1v) is 7.59. The minimum absolute atomic E-state index is 0.554. The van der Waals surface area contributed by atoms with Gasteiger partial charge >= 0.3 is 0 Å². The molecule has 2 aromatic rings. The van der Waals surface area contributed by atoms with Gasteiger partial charge in [-0.15, -0.1) is 0 Å². The van der Waals surface area contributed by atoms with Crippen molar-refractivity contribution in [3.8, 4) is 11.4 Å². The maximum atomic E-state index is 6.21. The summed E-state index contributed by atoms with van der Waals surface area (Å²) in [5.74, 6) is 1.43. The molecule has 0 fully saturated rings. The molecule has 0 saturated carbocycles. The molecular formula is C13H12Cl2IN3. The van der Waals surface area contributed by atoms with Crippen LogP contribution >= 0.6 is 45.8 Å². The number of halogens is 3. The first-order chi connectivity index (χ1) is 9.06. The van der Waals surface area contributed by atoms with Crippen molar-refractivity contribution in [2.45, 2.75) is 13.3 Å². The van der Waals surface area contributed by atoms with Gasteiger partial charge in [-0.2, -0.15) is 0 Å². The van der Waals surface area contributed by atoms with Crippen LogP contribution in [0.5, 0.6) is 0 Å². The molecule has 19 heavy (non-hydrogen) atoms. The zero-order valence-electron chi connectivity index (χ0n) is 10.5. The van der Waals surface area contributed by atoms with Gasteiger partial charge in [0.15, 0.2) is 5.82 Å². The number of nitrogens with one attached hydrogen (secondary N) is 1. The molecule has 0 aliphatic carbocycles. The Balaban J connectivity index is 2.62. The Bertz CT molecular complexity index is 592. The average Bonchev–Trinajstić information content (AvgIpc) is 2.39. The number of anilines is 1. The second-order valence-electron chi connectivity index (χ2n) is 3.88. The van der Waals surface area contributed by atoms with E-state index in [0.29, 0.717) is 15.9 Å². The van der Waals surface area contributed by atoms with Gasteiger partial charge in [-0.1, -0.05) is 30.1 Å². The van der Waals surface area contributed by atoms with E-state index >= 15 is 0 Å². The van der Waals surface area contributed by atoms with Crippen molar-refractivity contribution < 1.29 is 0 Å². The van der Waals surface area contributed by atoms with E-state index in [4.69, 9.17) is 23.2 Å². The van der Waals surface area contributed by atoms with Crippen molar-refractivity contribution in [1.29, 1.82) is 0 Å². The van der Waals surface area contributed by atoms with Gasteiger partial charge in [-0.25, -0.2) is 9.97 Å². The second-order valence-corrected chi connectivity index (χ2v) is 5.81. The summed E-state index contributed by atoms with van der Waals surface area (Å²) >= 11 is 14.4. The van der Waals surface area contributed by atoms with E-state index in [1.54, 1.807) is 12.1 Å². The minimum Gasteiger partial charge on any atom is -0.372 e. The number of nitrogens with zero attached hydrogens (tertiary/aromatic N) is 2. The molecular weight excluding hydrogens is 396 g/mol. The Kier molecular flexibility index (Phi) is 4.86. The highest BCUT2D eigenvalue weighted by molar-refractivity contribution is 14.1. The summed E-state index contributed by atoms with van der Waals surface area (Å²) in [7, 11) is 1.84. The van der Waals surface area contributed by atoms with E-state index in [1.165, 1.54) is 0 Å². The van der Waals surface area contributed by atoms with Gasteiger partial charge in [0.05, 0.1) is 14.3 Å². The maximum absolute atomic E-state index is 6.21. The SMILES string of the molecule is CCc1nc(-c2ccc(Cl)cc2Cl)nc(NC)c1I. The zero-order valence-corrected chi connectivity index (χ0v) is 14.1. The van der Waals surface area contributed by atoms with Crippen LogP contribution in [0.1, 0.15) is 12.6 Å². The fourth-order valence-corrected chi connectivity index (χ4v) is 3.07. The van der Waals surface area contributed by atoms with Crippen LogP contribution in [-0.4, -0.2) is 17.0 Å². The van der Waals surface area contributed by atoms with Crippen LogP contribution in [0.15, 0.2) is 18.2 Å². The number of hydrogen-bond acceptors (Lipinski definition) is 3. The van der Waals surface area contributed by atoms with E-state index < -0.39 is 0 Å². The highest BCUT2D eigenvalue weighted by Gasteiger charge is 2.13. The molecule has 0 aliphatic heterocycles. The van der Waals surface area contributed by atoms with Crippen molar-refractivity contribution in [2.24, 2.45) is 0 Å². The summed E-state index contributed by atoms with van der Waals surface area (Å²) in [4.78, 5) is 9.08. The molecule has 6 heteroatoms. The molecule has 2 rings (SSSR count). The zero-order chi connectivity index (χ0) is 14.0. The first kappa shape index (κ1) is 14.8. The summed E-state index contributed by atoms with van der Waals surface area (Å²) < 4.78 is 1.04. The lowest BCUT2D eigenvalue weighted by Gasteiger charge is -2.11. The lowest BCUT2D eigenvalue weighted by molar-refractivity contribution is 0.990. The number of benzene rings is 1. The molecule has 0 amide bonds. The number of rotatable bonds is 3. The first-order valence-electron chi connectivity index (χ1n) is 5.76. The minimum atomic E-state index is 0.554. The Morgan fingerprint density at radius 3 is 2.58 bits per heavy atom. The molecule has 0 radical (unpaired) electrons. The van der Waals surface area contributed by atoms with E-state index in [9.17, 15) is 0 Å². The van der Waals surface area contributed by atoms with Crippen LogP contribution < -0.4 is 5.32 Å². The van der Waals surface area contributed by atoms with E-state index in [2.05, 4.69) is 44.8 Å². The summed E-state index contributed by atoms with van der Waals surface area (Å²) in [5, 5.41) is 4.24. The predicted molar refractivity (Wildman–Crippen MR) is 89.1 cm³/mol. The van der Waals surface area contributed by atoms with Crippen LogP contribution in [0.3, 0.4) is 0 Å². The third kappa shape index (κ3) is 3.12. The largest absolute Gasteiger partial charge is 0.372 e. The molecule has 0 atom stereocenters. The van der Waals surface area contributed by atoms with Crippen LogP contribution in [-0.2, 0) is 6.42 Å². The van der Waals surface area contributed by atoms with Crippen LogP contribution in [0.25, 0.3) is 11.4 Å². The van der Waals surface area contributed by atoms with Crippen molar-refractivity contribution in [2.75, 3.05) is 12.4 Å². The third-order valence-corrected chi connectivity index (χ3v) is 4.34. The Labute approximate surface area is 135 Å². The van der Waals surface area contributed by atoms with Gasteiger partial charge in [-0.3, -0.25) is 0 Å². The van der Waals surface area contributed by atoms with Crippen LogP contribution in [0.2, 0.25) is 10.0 Å². The van der Waals surface area contributed by atoms with E-state index in [0.717, 1.165) is 27.1 Å². The number of aryl methyl sites for hydroxylation is 1. The topological polar surface area (TPSA) is 37.8 Å². The molecule has 1 heterocycles. The lowest BCUT2D eigenvalue weighted by Crippen LogP contribution is -2.04. The van der Waals surface area contributed by atoms with Crippen LogP contribution in [0.4, 0.5) is 5.82 Å². The van der Waals surface area contributed by atoms with E-state index in [1.807, 2.05) is 13.1 Å². The normalized spacial score (nSPS) is 10.6. The van der Waals surface area contributed by atoms with Gasteiger partial charge in [0.2, 0.25) is 0 Å². The molecule has 0 bridgehead atoms. The lowest BCUT2D eigenvalue weighted by atomic mass is 10.2. The highest BCUT2D eigenvalue weighted by Crippen LogP contribution is 2.30. The summed E-state index contributed by atoms with van der Waals surface area (Å²) in [6.07, 6.45) is 0.841. The van der Waals surface area contributed by atoms with Gasteiger partial charge < -0.3 is 5.32 Å². The quantitative estimate of drug-likeness (QED) is 0.752. The summed E-state index contributed by atoms with van der Waals surface area (Å²) in [6, 6.07) is 5.32. The van der Waals surface area contributed by atoms with Crippen molar-refractivity contribution in [1.82, 2.24) is 9.97 Å². The Morgan fingerprint density at radius 2 is 2.00 bits per heavy atom. The standard InChI is InChI=1S/C13H12Cl2IN3/c1-3-10-11(16)13(17-2)19-12(18-10)8-5-4-7(14)6-9(8)15/h4-6H,3H2,1-2H3,(H,17,18,19). The van der Waals surface area contributed by atoms with Gasteiger partial charge in [-0.05, 0) is 47.2 Å². The number of aromatic nitrogens is 2. The molecule has 0 unspecified atom stereocenters. The maximum Gasteiger partial charge on any atom is 0.163 e. The molecule has 0 spiro atoms. The molecule has 100 valence electrons. The fraction of sp³-hybridized carbons (Fsp3) is 0.231. The second kappa shape index (κ2) is 6.24. The monoisotopic (exact) mass is 407 g/mol. The van der Waals surface area contributed by atoms with Crippen molar-refractivity contribution in [3.63, 3.8) is 0 Å². The summed E-state index contributed by atoms with van der Waals surface area (Å²) in [6.45, 7) is 2.07. The third-order valence-electron chi connectivity index (χ3n) is 2.66. The fourth-order valence-electron chi connectivity index (χ4n) is 1.68. The molecule has 0 saturated heterocycles. The Morgan fingerprint density at radius 1 is 1.26 bits per heavy atom.